The van der Waals surface area contributed by atoms with Gasteiger partial charge in [0.15, 0.2) is 5.96 Å². The van der Waals surface area contributed by atoms with Crippen molar-refractivity contribution in [2.24, 2.45) is 4.99 Å². The monoisotopic (exact) mass is 319 g/mol. The van der Waals surface area contributed by atoms with Crippen LogP contribution in [0.5, 0.6) is 11.5 Å². The Balaban J connectivity index is 2.43. The second-order valence-corrected chi connectivity index (χ2v) is 5.39. The van der Waals surface area contributed by atoms with E-state index in [-0.39, 0.29) is 6.10 Å². The molecule has 1 unspecified atom stereocenters. The van der Waals surface area contributed by atoms with E-state index in [9.17, 15) is 0 Å². The fraction of sp³-hybridized carbons (Fsp3) is 0.500. The number of nitrogens with one attached hydrogen (secondary N) is 1. The second kappa shape index (κ2) is 10.5. The maximum Gasteiger partial charge on any atom is 0.193 e. The van der Waals surface area contributed by atoms with Crippen molar-refractivity contribution >= 4 is 5.96 Å². The Bertz CT molecular complexity index is 503. The fourth-order valence-corrected chi connectivity index (χ4v) is 2.15. The average Bonchev–Trinajstić information content (AvgIpc) is 2.55. The minimum atomic E-state index is 0.0143. The van der Waals surface area contributed by atoms with Crippen LogP contribution in [-0.2, 0) is 0 Å². The number of guanidine groups is 1. The number of rotatable bonds is 9. The molecule has 1 atom stereocenters. The van der Waals surface area contributed by atoms with Crippen molar-refractivity contribution in [2.75, 3.05) is 34.3 Å². The lowest BCUT2D eigenvalue weighted by atomic mass is 10.3. The van der Waals surface area contributed by atoms with Crippen molar-refractivity contribution in [2.45, 2.75) is 25.9 Å². The molecule has 128 valence electrons. The van der Waals surface area contributed by atoms with E-state index in [1.165, 1.54) is 0 Å². The van der Waals surface area contributed by atoms with Gasteiger partial charge in [-0.1, -0.05) is 12.1 Å². The molecule has 5 nitrogen and oxygen atoms in total. The first kappa shape index (κ1) is 18.9. The summed E-state index contributed by atoms with van der Waals surface area (Å²) in [5.41, 5.74) is 0. The molecule has 0 spiro atoms. The maximum atomic E-state index is 5.90. The molecular weight excluding hydrogens is 290 g/mol. The fourth-order valence-electron chi connectivity index (χ4n) is 2.15. The third-order valence-corrected chi connectivity index (χ3v) is 3.40. The Morgan fingerprint density at radius 2 is 2.17 bits per heavy atom. The number of ether oxygens (including phenoxy) is 2. The molecule has 0 aliphatic carbocycles. The molecule has 1 rings (SSSR count). The highest BCUT2D eigenvalue weighted by Gasteiger charge is 2.09. The van der Waals surface area contributed by atoms with Gasteiger partial charge in [-0.05, 0) is 31.9 Å². The summed E-state index contributed by atoms with van der Waals surface area (Å²) < 4.78 is 11.1. The zero-order valence-corrected chi connectivity index (χ0v) is 14.7. The van der Waals surface area contributed by atoms with Gasteiger partial charge in [0.1, 0.15) is 17.6 Å². The van der Waals surface area contributed by atoms with Gasteiger partial charge in [-0.2, -0.15) is 0 Å². The molecule has 0 amide bonds. The highest BCUT2D eigenvalue weighted by Crippen LogP contribution is 2.19. The minimum Gasteiger partial charge on any atom is -0.497 e. The number of methoxy groups -OCH3 is 1. The highest BCUT2D eigenvalue weighted by molar-refractivity contribution is 5.79. The summed E-state index contributed by atoms with van der Waals surface area (Å²) in [6.45, 7) is 7.39. The Labute approximate surface area is 140 Å². The van der Waals surface area contributed by atoms with Crippen molar-refractivity contribution in [3.63, 3.8) is 0 Å². The summed E-state index contributed by atoms with van der Waals surface area (Å²) in [6.07, 6.45) is 4.03. The van der Waals surface area contributed by atoms with Crippen LogP contribution in [0.2, 0.25) is 0 Å². The number of hydrogen-bond donors (Lipinski definition) is 1. The van der Waals surface area contributed by atoms with Crippen LogP contribution in [0, 0.1) is 0 Å². The molecule has 0 fully saturated rings. The Hall–Kier alpha value is -2.17. The molecule has 0 aromatic heterocycles. The first-order chi connectivity index (χ1) is 11.1. The Kier molecular flexibility index (Phi) is 8.65. The first-order valence-electron chi connectivity index (χ1n) is 7.94. The molecule has 23 heavy (non-hydrogen) atoms. The van der Waals surface area contributed by atoms with Gasteiger partial charge in [-0.15, -0.1) is 6.58 Å². The third kappa shape index (κ3) is 7.08. The van der Waals surface area contributed by atoms with E-state index in [2.05, 4.69) is 21.8 Å². The zero-order valence-electron chi connectivity index (χ0n) is 14.7. The lowest BCUT2D eigenvalue weighted by molar-refractivity contribution is 0.221. The van der Waals surface area contributed by atoms with Crippen LogP contribution in [0.4, 0.5) is 0 Å². The summed E-state index contributed by atoms with van der Waals surface area (Å²) >= 11 is 0. The van der Waals surface area contributed by atoms with Crippen molar-refractivity contribution in [1.29, 1.82) is 0 Å². The number of unbranched alkanes of at least 4 members (excludes halogenated alkanes) is 1. The van der Waals surface area contributed by atoms with Gasteiger partial charge >= 0.3 is 0 Å². The van der Waals surface area contributed by atoms with Gasteiger partial charge in [0.25, 0.3) is 0 Å². The number of aliphatic imine (C=N–C) groups is 1. The van der Waals surface area contributed by atoms with E-state index in [4.69, 9.17) is 9.47 Å². The molecule has 1 N–H and O–H groups in total. The number of nitrogens with zero attached hydrogens (tertiary/aromatic N) is 2. The van der Waals surface area contributed by atoms with Gasteiger partial charge in [0, 0.05) is 26.7 Å². The SMILES string of the molecule is C=CCCCN(C)C(=NC)NCC(C)Oc1cccc(OC)c1. The Morgan fingerprint density at radius 3 is 2.83 bits per heavy atom. The molecule has 1 aromatic carbocycles. The molecule has 0 saturated heterocycles. The quantitative estimate of drug-likeness (QED) is 0.329. The van der Waals surface area contributed by atoms with E-state index in [0.29, 0.717) is 6.54 Å². The van der Waals surface area contributed by atoms with Gasteiger partial charge in [0.05, 0.1) is 13.7 Å². The lowest BCUT2D eigenvalue weighted by Gasteiger charge is -2.23. The molecule has 5 heteroatoms. The standard InChI is InChI=1S/C18H29N3O2/c1-6-7-8-12-21(4)18(19-3)20-14-15(2)23-17-11-9-10-16(13-17)22-5/h6,9-11,13,15H,1,7-8,12,14H2,2-5H3,(H,19,20). The second-order valence-electron chi connectivity index (χ2n) is 5.39. The van der Waals surface area contributed by atoms with Crippen LogP contribution in [0.3, 0.4) is 0 Å². The number of hydrogen-bond acceptors (Lipinski definition) is 3. The van der Waals surface area contributed by atoms with Crippen molar-refractivity contribution in [3.05, 3.63) is 36.9 Å². The maximum absolute atomic E-state index is 5.90. The molecule has 0 heterocycles. The molecular formula is C18H29N3O2. The third-order valence-electron chi connectivity index (χ3n) is 3.40. The summed E-state index contributed by atoms with van der Waals surface area (Å²) in [5.74, 6) is 2.46. The van der Waals surface area contributed by atoms with E-state index in [1.54, 1.807) is 14.2 Å². The molecule has 0 radical (unpaired) electrons. The van der Waals surface area contributed by atoms with Crippen LogP contribution in [0.25, 0.3) is 0 Å². The van der Waals surface area contributed by atoms with Crippen LogP contribution in [0.15, 0.2) is 41.9 Å². The summed E-state index contributed by atoms with van der Waals surface area (Å²) in [5, 5.41) is 3.34. The van der Waals surface area contributed by atoms with Gasteiger partial charge in [-0.3, -0.25) is 4.99 Å². The van der Waals surface area contributed by atoms with Gasteiger partial charge in [-0.25, -0.2) is 0 Å². The lowest BCUT2D eigenvalue weighted by Crippen LogP contribution is -2.43. The van der Waals surface area contributed by atoms with E-state index < -0.39 is 0 Å². The largest absolute Gasteiger partial charge is 0.497 e. The molecule has 0 aliphatic heterocycles. The summed E-state index contributed by atoms with van der Waals surface area (Å²) in [6, 6.07) is 7.62. The van der Waals surface area contributed by atoms with Crippen molar-refractivity contribution in [3.8, 4) is 11.5 Å². The van der Waals surface area contributed by atoms with Gasteiger partial charge in [0.2, 0.25) is 0 Å². The van der Waals surface area contributed by atoms with Crippen LogP contribution >= 0.6 is 0 Å². The molecule has 0 saturated carbocycles. The smallest absolute Gasteiger partial charge is 0.193 e. The van der Waals surface area contributed by atoms with E-state index >= 15 is 0 Å². The van der Waals surface area contributed by atoms with Gasteiger partial charge < -0.3 is 19.7 Å². The summed E-state index contributed by atoms with van der Waals surface area (Å²) in [7, 11) is 5.47. The highest BCUT2D eigenvalue weighted by atomic mass is 16.5. The molecule has 0 bridgehead atoms. The first-order valence-corrected chi connectivity index (χ1v) is 7.94. The van der Waals surface area contributed by atoms with Crippen molar-refractivity contribution in [1.82, 2.24) is 10.2 Å². The van der Waals surface area contributed by atoms with Crippen LogP contribution < -0.4 is 14.8 Å². The number of allylic oxidation sites excluding steroid dienone is 1. The minimum absolute atomic E-state index is 0.0143. The molecule has 1 aromatic rings. The number of benzene rings is 1. The topological polar surface area (TPSA) is 46.1 Å². The Morgan fingerprint density at radius 1 is 1.43 bits per heavy atom. The predicted octanol–water partition coefficient (Wildman–Crippen LogP) is 2.94. The predicted molar refractivity (Wildman–Crippen MR) is 96.5 cm³/mol. The zero-order chi connectivity index (χ0) is 17.1. The molecule has 0 aliphatic rings. The van der Waals surface area contributed by atoms with E-state index in [0.717, 1.165) is 36.8 Å². The van der Waals surface area contributed by atoms with Crippen LogP contribution in [0.1, 0.15) is 19.8 Å². The average molecular weight is 319 g/mol. The van der Waals surface area contributed by atoms with Crippen molar-refractivity contribution < 1.29 is 9.47 Å². The van der Waals surface area contributed by atoms with Crippen LogP contribution in [-0.4, -0.2) is 51.3 Å². The normalized spacial score (nSPS) is 12.4. The van der Waals surface area contributed by atoms with E-state index in [1.807, 2.05) is 44.3 Å². The summed E-state index contributed by atoms with van der Waals surface area (Å²) in [4.78, 5) is 6.42.